The van der Waals surface area contributed by atoms with E-state index < -0.39 is 57.0 Å². The Morgan fingerprint density at radius 3 is 1.32 bits per heavy atom. The van der Waals surface area contributed by atoms with Crippen molar-refractivity contribution in [3.8, 4) is 68.8 Å². The van der Waals surface area contributed by atoms with Crippen molar-refractivity contribution in [2.45, 2.75) is 27.9 Å². The number of amides is 1. The molecule has 3 aromatic heterocycles. The Bertz CT molecular complexity index is 3440. The number of benzene rings is 4. The molecule has 0 bridgehead atoms. The quantitative estimate of drug-likeness (QED) is 0.133. The van der Waals surface area contributed by atoms with Gasteiger partial charge in [0, 0.05) is 32.4 Å². The fraction of sp³-hybridized carbons (Fsp3) is 0.264. The fourth-order valence-corrected chi connectivity index (χ4v) is 7.12. The Hall–Kier alpha value is -9.91. The van der Waals surface area contributed by atoms with Crippen LogP contribution in [0, 0.1) is 0 Å². The zero-order chi connectivity index (χ0) is 55.0. The van der Waals surface area contributed by atoms with Crippen LogP contribution in [0.25, 0.3) is 17.1 Å². The Labute approximate surface area is 444 Å². The monoisotopic (exact) mass is 1080 g/mol. The van der Waals surface area contributed by atoms with Crippen molar-refractivity contribution in [2.75, 3.05) is 67.0 Å². The molecule has 0 radical (unpaired) electrons. The fourth-order valence-electron chi connectivity index (χ4n) is 7.12. The van der Waals surface area contributed by atoms with Gasteiger partial charge in [0.2, 0.25) is 11.4 Å². The Kier molecular flexibility index (Phi) is 19.9. The number of aromatic hydroxyl groups is 2. The van der Waals surface area contributed by atoms with Gasteiger partial charge in [-0.3, -0.25) is 19.2 Å². The van der Waals surface area contributed by atoms with Crippen LogP contribution in [-0.4, -0.2) is 130 Å². The van der Waals surface area contributed by atoms with Gasteiger partial charge in [0.25, 0.3) is 22.2 Å². The average Bonchev–Trinajstić information content (AvgIpc) is 3.49. The maximum Gasteiger partial charge on any atom is 0.363 e. The van der Waals surface area contributed by atoms with Crippen LogP contribution in [0.4, 0.5) is 0 Å². The number of aliphatic hydroxyl groups is 1. The van der Waals surface area contributed by atoms with Crippen LogP contribution >= 0.6 is 0 Å². The molecule has 0 atom stereocenters. The second-order valence-electron chi connectivity index (χ2n) is 15.7. The minimum atomic E-state index is -0.889. The van der Waals surface area contributed by atoms with Gasteiger partial charge in [0.15, 0.2) is 57.4 Å². The van der Waals surface area contributed by atoms with Gasteiger partial charge in [0.05, 0.1) is 48.9 Å². The standard InChI is InChI=1S/C22H20N2O6.C15H14N2O6.C14H13N3O5.CH4O.CH4/c1-2-27-22(26)20-21(25)19(30-14-15-6-4-3-5-7-15)13-24(23-20)16-8-9-17-18(12-16)29-11-10-28-17;1-2-21-15(20)13-14(19)10(18)8-17(16-13)9-3-4-11-12(7-9)23-6-5-22-11;1-15-14(20)12-13(19)9(18)7-17(16-12)8-2-3-10-11(6-8)22-5-4-21-10;1-2;/h3-9,12-13H,2,10-11,14H2,1H3;3-4,7-8,18H,2,5-6H2,1H3;2-3,6-7,18H,4-5H2,1H3,(H,15,20);2H,1H3;1H4. The van der Waals surface area contributed by atoms with E-state index in [0.717, 1.165) is 25.1 Å². The van der Waals surface area contributed by atoms with E-state index in [-0.39, 0.29) is 38.7 Å². The lowest BCUT2D eigenvalue weighted by Crippen LogP contribution is -2.28. The maximum atomic E-state index is 12.8. The molecule has 0 saturated heterocycles. The highest BCUT2D eigenvalue weighted by Gasteiger charge is 2.23. The van der Waals surface area contributed by atoms with E-state index in [1.807, 2.05) is 30.3 Å². The van der Waals surface area contributed by atoms with E-state index in [2.05, 4.69) is 20.6 Å². The van der Waals surface area contributed by atoms with Crippen LogP contribution in [0.2, 0.25) is 0 Å². The summed E-state index contributed by atoms with van der Waals surface area (Å²) in [5.74, 6) is -0.112. The summed E-state index contributed by atoms with van der Waals surface area (Å²) in [5, 5.41) is 40.9. The number of carbonyl (C=O) groups excluding carboxylic acids is 3. The van der Waals surface area contributed by atoms with Crippen LogP contribution in [0.1, 0.15) is 58.3 Å². The molecule has 6 heterocycles. The van der Waals surface area contributed by atoms with Crippen molar-refractivity contribution < 1.29 is 72.3 Å². The molecule has 0 unspecified atom stereocenters. The molecule has 410 valence electrons. The van der Waals surface area contributed by atoms with E-state index in [1.54, 1.807) is 68.4 Å². The molecule has 10 rings (SSSR count). The summed E-state index contributed by atoms with van der Waals surface area (Å²) in [6.07, 6.45) is 3.70. The number of rotatable bonds is 11. The zero-order valence-corrected chi connectivity index (χ0v) is 41.8. The molecule has 0 aliphatic carbocycles. The third kappa shape index (κ3) is 13.7. The van der Waals surface area contributed by atoms with Crippen LogP contribution in [-0.2, 0) is 16.1 Å². The van der Waals surface area contributed by atoms with E-state index in [1.165, 1.54) is 27.3 Å². The number of aliphatic hydroxyl groups excluding tert-OH is 1. The van der Waals surface area contributed by atoms with Crippen LogP contribution in [0.15, 0.2) is 118 Å². The highest BCUT2D eigenvalue weighted by atomic mass is 16.6. The van der Waals surface area contributed by atoms with E-state index in [4.69, 9.17) is 47.7 Å². The minimum Gasteiger partial charge on any atom is -0.503 e. The van der Waals surface area contributed by atoms with Crippen molar-refractivity contribution >= 4 is 17.8 Å². The third-order valence-electron chi connectivity index (χ3n) is 10.7. The number of nitrogens with zero attached hydrogens (tertiary/aromatic N) is 6. The van der Waals surface area contributed by atoms with Crippen LogP contribution < -0.4 is 54.8 Å². The normalized spacial score (nSPS) is 12.2. The minimum absolute atomic E-state index is 0. The van der Waals surface area contributed by atoms with E-state index in [9.17, 15) is 39.0 Å². The van der Waals surface area contributed by atoms with Gasteiger partial charge >= 0.3 is 11.9 Å². The van der Waals surface area contributed by atoms with Gasteiger partial charge in [-0.15, -0.1) is 0 Å². The number of esters is 2. The molecule has 0 saturated carbocycles. The van der Waals surface area contributed by atoms with Crippen LogP contribution in [0.3, 0.4) is 0 Å². The van der Waals surface area contributed by atoms with Gasteiger partial charge in [-0.2, -0.15) is 15.3 Å². The Balaban J connectivity index is 0.000000188. The van der Waals surface area contributed by atoms with Crippen molar-refractivity contribution in [1.82, 2.24) is 34.7 Å². The SMILES string of the molecule is C.CCOC(=O)c1nn(-c2ccc3c(c2)OCCO3)cc(O)c1=O.CCOC(=O)c1nn(-c2ccc3c(c2)OCCO3)cc(OCc2ccccc2)c1=O.CNC(=O)c1nn(-c2ccc3c(c2)OCCO3)cc(O)c1=O.CO. The van der Waals surface area contributed by atoms with Gasteiger partial charge in [0.1, 0.15) is 46.2 Å². The molecule has 3 aliphatic heterocycles. The molecule has 1 amide bonds. The van der Waals surface area contributed by atoms with Crippen LogP contribution in [0.5, 0.6) is 51.7 Å². The predicted octanol–water partition coefficient (Wildman–Crippen LogP) is 3.96. The first kappa shape index (κ1) is 57.4. The molecule has 3 aliphatic rings. The molecule has 25 heteroatoms. The topological polar surface area (TPSA) is 312 Å². The first-order valence-electron chi connectivity index (χ1n) is 23.5. The molecular weight excluding hydrogens is 1020 g/mol. The summed E-state index contributed by atoms with van der Waals surface area (Å²) in [4.78, 5) is 72.1. The van der Waals surface area contributed by atoms with Crippen molar-refractivity contribution in [3.05, 3.63) is 157 Å². The maximum absolute atomic E-state index is 12.8. The molecule has 7 aromatic rings. The highest BCUT2D eigenvalue weighted by Crippen LogP contribution is 2.34. The first-order valence-corrected chi connectivity index (χ1v) is 23.5. The van der Waals surface area contributed by atoms with Gasteiger partial charge in [-0.05, 0) is 55.8 Å². The molecule has 0 fully saturated rings. The molecule has 0 spiro atoms. The lowest BCUT2D eigenvalue weighted by molar-refractivity contribution is 0.0505. The lowest BCUT2D eigenvalue weighted by atomic mass is 10.2. The van der Waals surface area contributed by atoms with Gasteiger partial charge in [-0.25, -0.2) is 23.6 Å². The molecular formula is C53H55N7O18. The van der Waals surface area contributed by atoms with E-state index >= 15 is 0 Å². The predicted molar refractivity (Wildman–Crippen MR) is 277 cm³/mol. The number of hydrogen-bond acceptors (Lipinski definition) is 21. The van der Waals surface area contributed by atoms with E-state index in [0.29, 0.717) is 91.2 Å². The molecule has 78 heavy (non-hydrogen) atoms. The number of aromatic nitrogens is 6. The largest absolute Gasteiger partial charge is 0.503 e. The number of nitrogens with one attached hydrogen (secondary N) is 1. The summed E-state index contributed by atoms with van der Waals surface area (Å²) in [6, 6.07) is 24.7. The first-order chi connectivity index (χ1) is 37.3. The number of hydrogen-bond donors (Lipinski definition) is 4. The smallest absolute Gasteiger partial charge is 0.363 e. The summed E-state index contributed by atoms with van der Waals surface area (Å²) < 4.78 is 52.3. The molecule has 4 N–H and O–H groups in total. The van der Waals surface area contributed by atoms with Gasteiger partial charge in [-0.1, -0.05) is 37.8 Å². The van der Waals surface area contributed by atoms with Crippen molar-refractivity contribution in [3.63, 3.8) is 0 Å². The summed E-state index contributed by atoms with van der Waals surface area (Å²) >= 11 is 0. The third-order valence-corrected chi connectivity index (χ3v) is 10.7. The van der Waals surface area contributed by atoms with Crippen molar-refractivity contribution in [2.24, 2.45) is 0 Å². The van der Waals surface area contributed by atoms with Crippen molar-refractivity contribution in [1.29, 1.82) is 0 Å². The number of carbonyl (C=O) groups is 3. The molecule has 4 aromatic carbocycles. The summed E-state index contributed by atoms with van der Waals surface area (Å²) in [7, 11) is 2.38. The second-order valence-corrected chi connectivity index (χ2v) is 15.7. The number of ether oxygens (including phenoxy) is 9. The van der Waals surface area contributed by atoms with Gasteiger partial charge < -0.3 is 63.3 Å². The summed E-state index contributed by atoms with van der Waals surface area (Å²) in [6.45, 7) is 6.38. The zero-order valence-electron chi connectivity index (χ0n) is 41.8. The second kappa shape index (κ2) is 27.0. The Morgan fingerprint density at radius 1 is 0.538 bits per heavy atom. The molecule has 25 nitrogen and oxygen atoms in total. The Morgan fingerprint density at radius 2 is 0.910 bits per heavy atom. The number of fused-ring (bicyclic) bond motifs is 3. The average molecular weight is 1080 g/mol. The highest BCUT2D eigenvalue weighted by molar-refractivity contribution is 5.92. The summed E-state index contributed by atoms with van der Waals surface area (Å²) in [5.41, 5.74) is -1.08. The lowest BCUT2D eigenvalue weighted by Gasteiger charge is -2.19.